The Labute approximate surface area is 149 Å². The summed E-state index contributed by atoms with van der Waals surface area (Å²) < 4.78 is 20.4. The second-order valence-electron chi connectivity index (χ2n) is 5.23. The van der Waals surface area contributed by atoms with Gasteiger partial charge in [-0.25, -0.2) is 0 Å². The molecule has 2 unspecified atom stereocenters. The molecule has 2 aromatic carbocycles. The standard InChI is InChI=1S/2C9H7NO3/c2*10-4-7(11)6-2-1-3-8-9(6)13-5-12-8/h2*1-3,7,11H,5H2. The fraction of sp³-hybridized carbons (Fsp3) is 0.222. The molecular weight excluding hydrogens is 340 g/mol. The third kappa shape index (κ3) is 3.33. The maximum absolute atomic E-state index is 9.30. The molecular formula is C18H14N2O6. The average Bonchev–Trinajstić information content (AvgIpc) is 3.35. The zero-order chi connectivity index (χ0) is 18.5. The van der Waals surface area contributed by atoms with Crippen molar-refractivity contribution in [3.63, 3.8) is 0 Å². The van der Waals surface area contributed by atoms with Gasteiger partial charge in [-0.1, -0.05) is 24.3 Å². The van der Waals surface area contributed by atoms with E-state index in [4.69, 9.17) is 29.5 Å². The SMILES string of the molecule is N#CC(O)c1cccc2c1OCO2.N#CC(O)c1cccc2c1OCO2. The van der Waals surface area contributed by atoms with Crippen LogP contribution in [-0.4, -0.2) is 23.8 Å². The molecule has 0 fully saturated rings. The van der Waals surface area contributed by atoms with E-state index >= 15 is 0 Å². The third-order valence-corrected chi connectivity index (χ3v) is 3.69. The highest BCUT2D eigenvalue weighted by Gasteiger charge is 2.22. The van der Waals surface area contributed by atoms with E-state index in [1.54, 1.807) is 48.5 Å². The predicted octanol–water partition coefficient (Wildman–Crippen LogP) is 1.94. The zero-order valence-electron chi connectivity index (χ0n) is 13.5. The minimum Gasteiger partial charge on any atom is -0.454 e. The Bertz CT molecular complexity index is 813. The lowest BCUT2D eigenvalue weighted by atomic mass is 10.1. The van der Waals surface area contributed by atoms with Crippen molar-refractivity contribution in [3.8, 4) is 35.1 Å². The van der Waals surface area contributed by atoms with Gasteiger partial charge in [0.2, 0.25) is 13.6 Å². The van der Waals surface area contributed by atoms with Crippen LogP contribution in [0.25, 0.3) is 0 Å². The maximum Gasteiger partial charge on any atom is 0.231 e. The van der Waals surface area contributed by atoms with Crippen LogP contribution in [0.2, 0.25) is 0 Å². The first-order chi connectivity index (χ1) is 12.7. The number of fused-ring (bicyclic) bond motifs is 2. The molecule has 26 heavy (non-hydrogen) atoms. The van der Waals surface area contributed by atoms with Crippen molar-refractivity contribution < 1.29 is 29.2 Å². The molecule has 0 aliphatic carbocycles. The first-order valence-corrected chi connectivity index (χ1v) is 7.58. The molecule has 2 atom stereocenters. The molecule has 0 radical (unpaired) electrons. The summed E-state index contributed by atoms with van der Waals surface area (Å²) in [5.74, 6) is 2.09. The van der Waals surface area contributed by atoms with Crippen LogP contribution >= 0.6 is 0 Å². The number of nitriles is 2. The van der Waals surface area contributed by atoms with E-state index in [1.807, 2.05) is 0 Å². The van der Waals surface area contributed by atoms with Gasteiger partial charge in [-0.05, 0) is 12.1 Å². The van der Waals surface area contributed by atoms with Crippen LogP contribution in [0, 0.1) is 22.7 Å². The predicted molar refractivity (Wildman–Crippen MR) is 86.3 cm³/mol. The molecule has 0 saturated carbocycles. The lowest BCUT2D eigenvalue weighted by Crippen LogP contribution is -1.97. The molecule has 0 spiro atoms. The van der Waals surface area contributed by atoms with Crippen molar-refractivity contribution in [2.24, 2.45) is 0 Å². The molecule has 132 valence electrons. The maximum atomic E-state index is 9.30. The fourth-order valence-corrected chi connectivity index (χ4v) is 2.48. The molecule has 0 amide bonds. The largest absolute Gasteiger partial charge is 0.454 e. The average molecular weight is 354 g/mol. The van der Waals surface area contributed by atoms with Crippen molar-refractivity contribution in [2.75, 3.05) is 13.6 Å². The van der Waals surface area contributed by atoms with Gasteiger partial charge in [-0.2, -0.15) is 10.5 Å². The first kappa shape index (κ1) is 17.4. The molecule has 0 saturated heterocycles. The second-order valence-corrected chi connectivity index (χ2v) is 5.23. The molecule has 0 bridgehead atoms. The molecule has 2 aliphatic rings. The normalized spacial score (nSPS) is 15.1. The van der Waals surface area contributed by atoms with E-state index in [0.717, 1.165) is 0 Å². The second kappa shape index (κ2) is 7.62. The van der Waals surface area contributed by atoms with E-state index in [9.17, 15) is 10.2 Å². The summed E-state index contributed by atoms with van der Waals surface area (Å²) in [6.45, 7) is 0.287. The highest BCUT2D eigenvalue weighted by Crippen LogP contribution is 2.38. The molecule has 0 aromatic heterocycles. The van der Waals surface area contributed by atoms with Crippen molar-refractivity contribution in [3.05, 3.63) is 47.5 Å². The van der Waals surface area contributed by atoms with Crippen LogP contribution in [0.1, 0.15) is 23.3 Å². The van der Waals surface area contributed by atoms with Crippen molar-refractivity contribution >= 4 is 0 Å². The summed E-state index contributed by atoms with van der Waals surface area (Å²) in [5.41, 5.74) is 0.912. The van der Waals surface area contributed by atoms with Crippen LogP contribution in [0.5, 0.6) is 23.0 Å². The Morgan fingerprint density at radius 2 is 1.15 bits per heavy atom. The number of hydrogen-bond donors (Lipinski definition) is 2. The van der Waals surface area contributed by atoms with Gasteiger partial charge in [0, 0.05) is 11.1 Å². The fourth-order valence-electron chi connectivity index (χ4n) is 2.48. The number of ether oxygens (including phenoxy) is 4. The van der Waals surface area contributed by atoms with Gasteiger partial charge in [0.1, 0.15) is 0 Å². The molecule has 8 nitrogen and oxygen atoms in total. The van der Waals surface area contributed by atoms with Crippen LogP contribution in [0.3, 0.4) is 0 Å². The van der Waals surface area contributed by atoms with Crippen LogP contribution in [-0.2, 0) is 0 Å². The number of para-hydroxylation sites is 2. The van der Waals surface area contributed by atoms with Gasteiger partial charge >= 0.3 is 0 Å². The Morgan fingerprint density at radius 3 is 1.54 bits per heavy atom. The summed E-state index contributed by atoms with van der Waals surface area (Å²) in [4.78, 5) is 0. The summed E-state index contributed by atoms with van der Waals surface area (Å²) >= 11 is 0. The van der Waals surface area contributed by atoms with Crippen molar-refractivity contribution in [1.82, 2.24) is 0 Å². The van der Waals surface area contributed by atoms with E-state index in [0.29, 0.717) is 34.1 Å². The Balaban J connectivity index is 0.000000151. The minimum absolute atomic E-state index is 0.143. The quantitative estimate of drug-likeness (QED) is 0.784. The van der Waals surface area contributed by atoms with Crippen LogP contribution < -0.4 is 18.9 Å². The third-order valence-electron chi connectivity index (χ3n) is 3.69. The molecule has 2 aliphatic heterocycles. The van der Waals surface area contributed by atoms with Gasteiger partial charge in [0.15, 0.2) is 35.2 Å². The van der Waals surface area contributed by atoms with Crippen LogP contribution in [0.4, 0.5) is 0 Å². The molecule has 4 rings (SSSR count). The summed E-state index contributed by atoms with van der Waals surface area (Å²) in [6.07, 6.45) is -2.31. The van der Waals surface area contributed by atoms with E-state index in [-0.39, 0.29) is 13.6 Å². The van der Waals surface area contributed by atoms with Crippen molar-refractivity contribution in [1.29, 1.82) is 10.5 Å². The zero-order valence-corrected chi connectivity index (χ0v) is 13.5. The Kier molecular flexibility index (Phi) is 5.09. The van der Waals surface area contributed by atoms with Crippen LogP contribution in [0.15, 0.2) is 36.4 Å². The van der Waals surface area contributed by atoms with Gasteiger partial charge in [-0.3, -0.25) is 0 Å². The van der Waals surface area contributed by atoms with E-state index < -0.39 is 12.2 Å². The van der Waals surface area contributed by atoms with E-state index in [1.165, 1.54) is 0 Å². The van der Waals surface area contributed by atoms with Gasteiger partial charge in [0.25, 0.3) is 0 Å². The van der Waals surface area contributed by atoms with Crippen molar-refractivity contribution in [2.45, 2.75) is 12.2 Å². The molecule has 8 heteroatoms. The van der Waals surface area contributed by atoms with E-state index in [2.05, 4.69) is 0 Å². The number of benzene rings is 2. The van der Waals surface area contributed by atoms with Gasteiger partial charge in [0.05, 0.1) is 12.1 Å². The first-order valence-electron chi connectivity index (χ1n) is 7.58. The number of hydrogen-bond acceptors (Lipinski definition) is 8. The monoisotopic (exact) mass is 354 g/mol. The topological polar surface area (TPSA) is 125 Å². The van der Waals surface area contributed by atoms with Gasteiger partial charge < -0.3 is 29.2 Å². The highest BCUT2D eigenvalue weighted by molar-refractivity contribution is 5.51. The number of rotatable bonds is 2. The molecule has 2 N–H and O–H groups in total. The lowest BCUT2D eigenvalue weighted by Gasteiger charge is -2.05. The summed E-state index contributed by atoms with van der Waals surface area (Å²) in [6, 6.07) is 13.6. The number of nitrogens with zero attached hydrogens (tertiary/aromatic N) is 2. The smallest absolute Gasteiger partial charge is 0.231 e. The molecule has 2 aromatic rings. The number of aliphatic hydroxyl groups excluding tert-OH is 2. The number of aliphatic hydroxyl groups is 2. The lowest BCUT2D eigenvalue weighted by molar-refractivity contribution is 0.168. The minimum atomic E-state index is -1.16. The highest BCUT2D eigenvalue weighted by atomic mass is 16.7. The summed E-state index contributed by atoms with van der Waals surface area (Å²) in [5, 5.41) is 35.6. The Morgan fingerprint density at radius 1 is 0.731 bits per heavy atom. The Hall–Kier alpha value is -3.46. The summed E-state index contributed by atoms with van der Waals surface area (Å²) in [7, 11) is 0. The van der Waals surface area contributed by atoms with Gasteiger partial charge in [-0.15, -0.1) is 0 Å². The molecule has 2 heterocycles.